The molecule has 2 aromatic rings. The summed E-state index contributed by atoms with van der Waals surface area (Å²) in [5, 5.41) is 0. The van der Waals surface area contributed by atoms with Gasteiger partial charge in [-0.25, -0.2) is 0 Å². The predicted octanol–water partition coefficient (Wildman–Crippen LogP) is 4.30. The lowest BCUT2D eigenvalue weighted by atomic mass is 10.0. The van der Waals surface area contributed by atoms with Crippen molar-refractivity contribution in [3.63, 3.8) is 0 Å². The first-order valence-corrected chi connectivity index (χ1v) is 8.55. The van der Waals surface area contributed by atoms with Gasteiger partial charge in [-0.1, -0.05) is 48.5 Å². The third kappa shape index (κ3) is 4.85. The number of hydrogen-bond donors (Lipinski definition) is 0. The molecule has 0 aliphatic rings. The highest BCUT2D eigenvalue weighted by molar-refractivity contribution is 5.78. The maximum atomic E-state index is 12.5. The van der Waals surface area contributed by atoms with E-state index in [2.05, 4.69) is 18.2 Å². The smallest absolute Gasteiger partial charge is 0.260 e. The Kier molecular flexibility index (Phi) is 6.42. The summed E-state index contributed by atoms with van der Waals surface area (Å²) in [5.74, 6) is 0.802. The van der Waals surface area contributed by atoms with E-state index in [0.29, 0.717) is 0 Å². The van der Waals surface area contributed by atoms with Gasteiger partial charge in [-0.05, 0) is 44.9 Å². The van der Waals surface area contributed by atoms with Crippen molar-refractivity contribution in [2.45, 2.75) is 46.2 Å². The molecule has 0 saturated carbocycles. The lowest BCUT2D eigenvalue weighted by Gasteiger charge is -2.30. The molecule has 2 rings (SSSR count). The molecule has 0 aromatic heterocycles. The second kappa shape index (κ2) is 8.53. The van der Waals surface area contributed by atoms with Crippen LogP contribution in [-0.2, 0) is 11.2 Å². The van der Waals surface area contributed by atoms with E-state index in [0.717, 1.165) is 17.7 Å². The van der Waals surface area contributed by atoms with E-state index in [1.165, 1.54) is 5.56 Å². The Bertz CT molecular complexity index is 642. The van der Waals surface area contributed by atoms with E-state index in [4.69, 9.17) is 4.74 Å². The van der Waals surface area contributed by atoms with Gasteiger partial charge in [-0.2, -0.15) is 0 Å². The van der Waals surface area contributed by atoms with Crippen LogP contribution in [0.5, 0.6) is 5.75 Å². The van der Waals surface area contributed by atoms with Gasteiger partial charge in [0.1, 0.15) is 5.75 Å². The molecule has 1 amide bonds. The molecular formula is C21H27NO2. The molecule has 2 aromatic carbocycles. The van der Waals surface area contributed by atoms with Crippen LogP contribution in [-0.4, -0.2) is 29.5 Å². The number of amides is 1. The fourth-order valence-electron chi connectivity index (χ4n) is 2.99. The van der Waals surface area contributed by atoms with Crippen molar-refractivity contribution in [3.8, 4) is 5.75 Å². The van der Waals surface area contributed by atoms with Crippen molar-refractivity contribution in [1.29, 1.82) is 0 Å². The molecule has 0 saturated heterocycles. The summed E-state index contributed by atoms with van der Waals surface area (Å²) in [4.78, 5) is 14.3. The molecule has 0 N–H and O–H groups in total. The van der Waals surface area contributed by atoms with Crippen LogP contribution in [0.4, 0.5) is 0 Å². The highest BCUT2D eigenvalue weighted by atomic mass is 16.5. The zero-order valence-corrected chi connectivity index (χ0v) is 15.0. The molecule has 0 spiro atoms. The standard InChI is InChI=1S/C21H27NO2/c1-16(2)22(17(3)4)21(23)15-24-20-13-9-8-12-19(20)14-18-10-6-5-7-11-18/h5-13,16-17H,14-15H2,1-4H3. The molecule has 24 heavy (non-hydrogen) atoms. The largest absolute Gasteiger partial charge is 0.483 e. The predicted molar refractivity (Wildman–Crippen MR) is 98.3 cm³/mol. The molecule has 0 atom stereocenters. The van der Waals surface area contributed by atoms with Crippen LogP contribution in [0.25, 0.3) is 0 Å². The number of nitrogens with zero attached hydrogens (tertiary/aromatic N) is 1. The number of carbonyl (C=O) groups is 1. The number of benzene rings is 2. The highest BCUT2D eigenvalue weighted by Gasteiger charge is 2.20. The summed E-state index contributed by atoms with van der Waals surface area (Å²) in [5.41, 5.74) is 2.32. The van der Waals surface area contributed by atoms with E-state index in [1.54, 1.807) is 0 Å². The number of para-hydroxylation sites is 1. The van der Waals surface area contributed by atoms with E-state index < -0.39 is 0 Å². The average Bonchev–Trinajstić information content (AvgIpc) is 2.54. The van der Waals surface area contributed by atoms with E-state index in [-0.39, 0.29) is 24.6 Å². The third-order valence-electron chi connectivity index (χ3n) is 3.96. The van der Waals surface area contributed by atoms with Gasteiger partial charge in [0, 0.05) is 18.5 Å². The van der Waals surface area contributed by atoms with Gasteiger partial charge in [0.25, 0.3) is 5.91 Å². The fourth-order valence-corrected chi connectivity index (χ4v) is 2.99. The number of rotatable bonds is 7. The Hall–Kier alpha value is -2.29. The van der Waals surface area contributed by atoms with Crippen LogP contribution in [0.3, 0.4) is 0 Å². The van der Waals surface area contributed by atoms with Crippen molar-refractivity contribution in [1.82, 2.24) is 4.90 Å². The van der Waals surface area contributed by atoms with Gasteiger partial charge in [-0.15, -0.1) is 0 Å². The summed E-state index contributed by atoms with van der Waals surface area (Å²) in [7, 11) is 0. The van der Waals surface area contributed by atoms with Gasteiger partial charge in [-0.3, -0.25) is 4.79 Å². The zero-order valence-electron chi connectivity index (χ0n) is 15.0. The molecule has 0 heterocycles. The number of carbonyl (C=O) groups excluding carboxylic acids is 1. The third-order valence-corrected chi connectivity index (χ3v) is 3.96. The Balaban J connectivity index is 2.06. The van der Waals surface area contributed by atoms with Crippen LogP contribution in [0.1, 0.15) is 38.8 Å². The van der Waals surface area contributed by atoms with E-state index in [9.17, 15) is 4.79 Å². The first-order valence-electron chi connectivity index (χ1n) is 8.55. The van der Waals surface area contributed by atoms with Crippen molar-refractivity contribution in [2.75, 3.05) is 6.61 Å². The van der Waals surface area contributed by atoms with Gasteiger partial charge in [0.2, 0.25) is 0 Å². The Labute approximate surface area is 145 Å². The lowest BCUT2D eigenvalue weighted by Crippen LogP contribution is -2.44. The molecule has 3 nitrogen and oxygen atoms in total. The molecule has 3 heteroatoms. The van der Waals surface area contributed by atoms with E-state index in [1.807, 2.05) is 69.0 Å². The molecule has 0 aliphatic heterocycles. The molecule has 0 aliphatic carbocycles. The second-order valence-corrected chi connectivity index (χ2v) is 6.55. The van der Waals surface area contributed by atoms with Gasteiger partial charge >= 0.3 is 0 Å². The minimum Gasteiger partial charge on any atom is -0.483 e. The molecule has 0 bridgehead atoms. The van der Waals surface area contributed by atoms with Crippen molar-refractivity contribution in [3.05, 3.63) is 65.7 Å². The highest BCUT2D eigenvalue weighted by Crippen LogP contribution is 2.21. The van der Waals surface area contributed by atoms with E-state index >= 15 is 0 Å². The Morgan fingerprint density at radius 2 is 1.50 bits per heavy atom. The lowest BCUT2D eigenvalue weighted by molar-refractivity contribution is -0.137. The first kappa shape index (κ1) is 18.1. The van der Waals surface area contributed by atoms with Crippen LogP contribution < -0.4 is 4.74 Å². The fraction of sp³-hybridized carbons (Fsp3) is 0.381. The molecular weight excluding hydrogens is 298 g/mol. The maximum Gasteiger partial charge on any atom is 0.260 e. The molecule has 0 fully saturated rings. The van der Waals surface area contributed by atoms with Crippen molar-refractivity contribution >= 4 is 5.91 Å². The van der Waals surface area contributed by atoms with Gasteiger partial charge < -0.3 is 9.64 Å². The molecule has 0 unspecified atom stereocenters. The number of hydrogen-bond acceptors (Lipinski definition) is 2. The monoisotopic (exact) mass is 325 g/mol. The Morgan fingerprint density at radius 3 is 2.12 bits per heavy atom. The van der Waals surface area contributed by atoms with Gasteiger partial charge in [0.15, 0.2) is 6.61 Å². The SMILES string of the molecule is CC(C)N(C(=O)COc1ccccc1Cc1ccccc1)C(C)C. The van der Waals surface area contributed by atoms with Crippen molar-refractivity contribution in [2.24, 2.45) is 0 Å². The summed E-state index contributed by atoms with van der Waals surface area (Å²) >= 11 is 0. The zero-order chi connectivity index (χ0) is 17.5. The van der Waals surface area contributed by atoms with Crippen LogP contribution >= 0.6 is 0 Å². The summed E-state index contributed by atoms with van der Waals surface area (Å²) in [6, 6.07) is 18.5. The maximum absolute atomic E-state index is 12.5. The first-order chi connectivity index (χ1) is 11.5. The quantitative estimate of drug-likeness (QED) is 0.759. The van der Waals surface area contributed by atoms with Crippen LogP contribution in [0.2, 0.25) is 0 Å². The molecule has 0 radical (unpaired) electrons. The summed E-state index contributed by atoms with van der Waals surface area (Å²) in [6.45, 7) is 8.19. The second-order valence-electron chi connectivity index (χ2n) is 6.55. The normalized spacial score (nSPS) is 10.9. The topological polar surface area (TPSA) is 29.5 Å². The minimum absolute atomic E-state index is 0.0227. The van der Waals surface area contributed by atoms with Gasteiger partial charge in [0.05, 0.1) is 0 Å². The van der Waals surface area contributed by atoms with Crippen LogP contribution in [0, 0.1) is 0 Å². The Morgan fingerprint density at radius 1 is 0.917 bits per heavy atom. The summed E-state index contributed by atoms with van der Waals surface area (Å²) < 4.78 is 5.86. The summed E-state index contributed by atoms with van der Waals surface area (Å²) in [6.07, 6.45) is 0.795. The average molecular weight is 325 g/mol. The van der Waals surface area contributed by atoms with Crippen LogP contribution in [0.15, 0.2) is 54.6 Å². The number of ether oxygens (including phenoxy) is 1. The minimum atomic E-state index is 0.0227. The van der Waals surface area contributed by atoms with Crippen molar-refractivity contribution < 1.29 is 9.53 Å². The molecule has 128 valence electrons.